The summed E-state index contributed by atoms with van der Waals surface area (Å²) in [4.78, 5) is 17.3. The first-order valence-electron chi connectivity index (χ1n) is 10.9. The van der Waals surface area contributed by atoms with E-state index in [0.29, 0.717) is 29.0 Å². The van der Waals surface area contributed by atoms with Crippen LogP contribution in [0.5, 0.6) is 11.5 Å². The number of pyridine rings is 1. The maximum absolute atomic E-state index is 13.0. The number of hydrogen-bond acceptors (Lipinski definition) is 7. The summed E-state index contributed by atoms with van der Waals surface area (Å²) >= 11 is 1.42. The highest BCUT2D eigenvalue weighted by molar-refractivity contribution is 7.99. The van der Waals surface area contributed by atoms with E-state index in [1.807, 2.05) is 18.3 Å². The van der Waals surface area contributed by atoms with Gasteiger partial charge in [0.2, 0.25) is 0 Å². The Balaban J connectivity index is 1.61. The lowest BCUT2D eigenvalue weighted by atomic mass is 9.85. The zero-order valence-electron chi connectivity index (χ0n) is 18.7. The lowest BCUT2D eigenvalue weighted by Crippen LogP contribution is -2.22. The Labute approximate surface area is 192 Å². The third kappa shape index (κ3) is 4.65. The van der Waals surface area contributed by atoms with Gasteiger partial charge in [-0.25, -0.2) is 0 Å². The molecule has 0 N–H and O–H groups in total. The summed E-state index contributed by atoms with van der Waals surface area (Å²) < 4.78 is 12.9. The minimum absolute atomic E-state index is 0.0244. The quantitative estimate of drug-likeness (QED) is 0.348. The summed E-state index contributed by atoms with van der Waals surface area (Å²) in [5, 5.41) is 9.75. The van der Waals surface area contributed by atoms with Crippen molar-refractivity contribution in [2.75, 3.05) is 20.0 Å². The van der Waals surface area contributed by atoms with E-state index in [1.54, 1.807) is 38.6 Å². The molecular weight excluding hydrogens is 424 g/mol. The van der Waals surface area contributed by atoms with Crippen LogP contribution >= 0.6 is 11.8 Å². The van der Waals surface area contributed by atoms with E-state index in [9.17, 15) is 4.79 Å². The van der Waals surface area contributed by atoms with Crippen LogP contribution < -0.4 is 9.47 Å². The zero-order valence-corrected chi connectivity index (χ0v) is 19.5. The van der Waals surface area contributed by atoms with Crippen LogP contribution in [0.3, 0.4) is 0 Å². The molecule has 8 heteroatoms. The first-order chi connectivity index (χ1) is 15.6. The molecule has 1 fully saturated rings. The fourth-order valence-electron chi connectivity index (χ4n) is 4.28. The standard InChI is InChI=1S/C24H28N4O3S/c1-16-7-4-5-9-20(16)28-23(17-8-6-12-25-14-17)26-27-24(28)32-15-21(29)19-11-10-18(30-2)13-22(19)31-3/h6,8,10-14,16,20H,4-5,7,9,15H2,1-3H3. The van der Waals surface area contributed by atoms with Crippen molar-refractivity contribution in [1.82, 2.24) is 19.7 Å². The van der Waals surface area contributed by atoms with Crippen LogP contribution in [-0.2, 0) is 0 Å². The van der Waals surface area contributed by atoms with Crippen molar-refractivity contribution in [2.45, 2.75) is 43.8 Å². The van der Waals surface area contributed by atoms with Gasteiger partial charge in [0.15, 0.2) is 16.8 Å². The van der Waals surface area contributed by atoms with Gasteiger partial charge in [-0.05, 0) is 43.0 Å². The number of nitrogens with zero attached hydrogens (tertiary/aromatic N) is 4. The number of thioether (sulfide) groups is 1. The third-order valence-electron chi connectivity index (χ3n) is 6.02. The number of methoxy groups -OCH3 is 2. The highest BCUT2D eigenvalue weighted by Gasteiger charge is 2.29. The number of Topliss-reactive ketones (excluding diaryl/α,β-unsaturated/α-hetero) is 1. The lowest BCUT2D eigenvalue weighted by Gasteiger charge is -2.31. The Morgan fingerprint density at radius 1 is 1.16 bits per heavy atom. The maximum Gasteiger partial charge on any atom is 0.192 e. The topological polar surface area (TPSA) is 79.1 Å². The molecule has 1 aromatic carbocycles. The maximum atomic E-state index is 13.0. The molecule has 0 spiro atoms. The van der Waals surface area contributed by atoms with Gasteiger partial charge in [0.1, 0.15) is 11.5 Å². The molecule has 2 aromatic heterocycles. The number of rotatable bonds is 8. The first-order valence-corrected chi connectivity index (χ1v) is 11.8. The van der Waals surface area contributed by atoms with E-state index in [2.05, 4.69) is 26.7 Å². The van der Waals surface area contributed by atoms with Crippen LogP contribution in [0, 0.1) is 5.92 Å². The van der Waals surface area contributed by atoms with Gasteiger partial charge in [0.05, 0.1) is 25.5 Å². The fourth-order valence-corrected chi connectivity index (χ4v) is 5.16. The molecule has 0 amide bonds. The molecule has 1 aliphatic carbocycles. The normalized spacial score (nSPS) is 18.3. The Morgan fingerprint density at radius 3 is 2.72 bits per heavy atom. The van der Waals surface area contributed by atoms with Crippen molar-refractivity contribution in [1.29, 1.82) is 0 Å². The molecule has 0 bridgehead atoms. The number of benzene rings is 1. The van der Waals surface area contributed by atoms with Crippen LogP contribution in [0.2, 0.25) is 0 Å². The van der Waals surface area contributed by atoms with Gasteiger partial charge >= 0.3 is 0 Å². The Bertz CT molecular complexity index is 1070. The average Bonchev–Trinajstić information content (AvgIpc) is 3.26. The molecule has 2 heterocycles. The lowest BCUT2D eigenvalue weighted by molar-refractivity contribution is 0.101. The largest absolute Gasteiger partial charge is 0.497 e. The van der Waals surface area contributed by atoms with Gasteiger partial charge in [-0.2, -0.15) is 0 Å². The second kappa shape index (κ2) is 10.2. The predicted octanol–water partition coefficient (Wildman–Crippen LogP) is 5.08. The number of carbonyl (C=O) groups is 1. The molecule has 2 unspecified atom stereocenters. The van der Waals surface area contributed by atoms with Gasteiger partial charge in [-0.3, -0.25) is 14.3 Å². The minimum atomic E-state index is -0.0244. The van der Waals surface area contributed by atoms with Crippen molar-refractivity contribution < 1.29 is 14.3 Å². The molecule has 1 saturated carbocycles. The van der Waals surface area contributed by atoms with Crippen molar-refractivity contribution in [2.24, 2.45) is 5.92 Å². The van der Waals surface area contributed by atoms with E-state index < -0.39 is 0 Å². The van der Waals surface area contributed by atoms with Crippen molar-refractivity contribution in [3.8, 4) is 22.9 Å². The molecule has 1 aliphatic rings. The molecular formula is C24H28N4O3S. The zero-order chi connectivity index (χ0) is 22.5. The summed E-state index contributed by atoms with van der Waals surface area (Å²) in [5.74, 6) is 2.71. The molecule has 0 saturated heterocycles. The van der Waals surface area contributed by atoms with E-state index in [1.165, 1.54) is 31.0 Å². The van der Waals surface area contributed by atoms with Gasteiger partial charge in [0, 0.05) is 30.1 Å². The molecule has 7 nitrogen and oxygen atoms in total. The smallest absolute Gasteiger partial charge is 0.192 e. The SMILES string of the molecule is COc1ccc(C(=O)CSc2nnc(-c3cccnc3)n2C2CCCCC2C)c(OC)c1. The van der Waals surface area contributed by atoms with Crippen molar-refractivity contribution in [3.05, 3.63) is 48.3 Å². The van der Waals surface area contributed by atoms with E-state index in [-0.39, 0.29) is 11.5 Å². The molecule has 168 valence electrons. The summed E-state index contributed by atoms with van der Waals surface area (Å²) in [5.41, 5.74) is 1.47. The highest BCUT2D eigenvalue weighted by atomic mass is 32.2. The van der Waals surface area contributed by atoms with E-state index in [0.717, 1.165) is 23.0 Å². The highest BCUT2D eigenvalue weighted by Crippen LogP contribution is 2.39. The van der Waals surface area contributed by atoms with Crippen molar-refractivity contribution in [3.63, 3.8) is 0 Å². The Morgan fingerprint density at radius 2 is 2.00 bits per heavy atom. The van der Waals surface area contributed by atoms with Gasteiger partial charge in [-0.1, -0.05) is 31.5 Å². The monoisotopic (exact) mass is 452 g/mol. The molecule has 2 atom stereocenters. The number of ether oxygens (including phenoxy) is 2. The number of carbonyl (C=O) groups excluding carboxylic acids is 1. The summed E-state index contributed by atoms with van der Waals surface area (Å²) in [6.07, 6.45) is 8.27. The van der Waals surface area contributed by atoms with E-state index >= 15 is 0 Å². The average molecular weight is 453 g/mol. The van der Waals surface area contributed by atoms with Crippen LogP contribution in [0.4, 0.5) is 0 Å². The summed E-state index contributed by atoms with van der Waals surface area (Å²) in [6, 6.07) is 9.46. The van der Waals surface area contributed by atoms with Crippen molar-refractivity contribution >= 4 is 17.5 Å². The predicted molar refractivity (Wildman–Crippen MR) is 125 cm³/mol. The Kier molecular flexibility index (Phi) is 7.09. The first kappa shape index (κ1) is 22.3. The molecule has 0 aliphatic heterocycles. The summed E-state index contributed by atoms with van der Waals surface area (Å²) in [6.45, 7) is 2.29. The van der Waals surface area contributed by atoms with Crippen LogP contribution in [0.25, 0.3) is 11.4 Å². The fraction of sp³-hybridized carbons (Fsp3) is 0.417. The molecule has 4 rings (SSSR count). The van der Waals surface area contributed by atoms with Gasteiger partial charge < -0.3 is 9.47 Å². The van der Waals surface area contributed by atoms with Gasteiger partial charge in [0.25, 0.3) is 0 Å². The minimum Gasteiger partial charge on any atom is -0.497 e. The van der Waals surface area contributed by atoms with Gasteiger partial charge in [-0.15, -0.1) is 10.2 Å². The van der Waals surface area contributed by atoms with Crippen LogP contribution in [0.1, 0.15) is 49.0 Å². The second-order valence-corrected chi connectivity index (χ2v) is 8.97. The van der Waals surface area contributed by atoms with E-state index in [4.69, 9.17) is 9.47 Å². The van der Waals surface area contributed by atoms with Crippen LogP contribution in [0.15, 0.2) is 47.9 Å². The third-order valence-corrected chi connectivity index (χ3v) is 6.97. The Hall–Kier alpha value is -2.87. The number of hydrogen-bond donors (Lipinski definition) is 0. The molecule has 32 heavy (non-hydrogen) atoms. The summed E-state index contributed by atoms with van der Waals surface area (Å²) in [7, 11) is 3.14. The molecule has 3 aromatic rings. The second-order valence-electron chi connectivity index (χ2n) is 8.03. The van der Waals surface area contributed by atoms with Crippen LogP contribution in [-0.4, -0.2) is 45.5 Å². The molecule has 0 radical (unpaired) electrons. The number of aromatic nitrogens is 4. The number of ketones is 1.